The molecule has 0 bridgehead atoms. The van der Waals surface area contributed by atoms with Crippen molar-refractivity contribution in [1.82, 2.24) is 9.88 Å². The molecule has 0 amide bonds. The van der Waals surface area contributed by atoms with Gasteiger partial charge in [-0.2, -0.15) is 0 Å². The second kappa shape index (κ2) is 7.68. The van der Waals surface area contributed by atoms with Crippen molar-refractivity contribution >= 4 is 17.3 Å². The fourth-order valence-electron chi connectivity index (χ4n) is 2.77. The SMILES string of the molecule is COC(=O)c1ccccc1CCN1CCOC(c2nccs2)C1. The van der Waals surface area contributed by atoms with Crippen molar-refractivity contribution < 1.29 is 14.3 Å². The van der Waals surface area contributed by atoms with Gasteiger partial charge in [0.25, 0.3) is 0 Å². The first-order valence-electron chi connectivity index (χ1n) is 7.67. The first kappa shape index (κ1) is 16.1. The van der Waals surface area contributed by atoms with Gasteiger partial charge in [-0.05, 0) is 18.1 Å². The Morgan fingerprint density at radius 2 is 2.35 bits per heavy atom. The minimum absolute atomic E-state index is 0.0552. The number of ether oxygens (including phenoxy) is 2. The number of nitrogens with zero attached hydrogens (tertiary/aromatic N) is 2. The highest BCUT2D eigenvalue weighted by molar-refractivity contribution is 7.09. The molecule has 23 heavy (non-hydrogen) atoms. The van der Waals surface area contributed by atoms with Crippen LogP contribution in [0.1, 0.15) is 27.0 Å². The number of hydrogen-bond donors (Lipinski definition) is 0. The van der Waals surface area contributed by atoms with Gasteiger partial charge in [0.05, 0.1) is 19.3 Å². The van der Waals surface area contributed by atoms with Gasteiger partial charge < -0.3 is 9.47 Å². The van der Waals surface area contributed by atoms with Gasteiger partial charge in [0.2, 0.25) is 0 Å². The van der Waals surface area contributed by atoms with Crippen molar-refractivity contribution in [3.8, 4) is 0 Å². The van der Waals surface area contributed by atoms with Crippen molar-refractivity contribution in [1.29, 1.82) is 0 Å². The Kier molecular flexibility index (Phi) is 5.38. The topological polar surface area (TPSA) is 51.7 Å². The quantitative estimate of drug-likeness (QED) is 0.788. The van der Waals surface area contributed by atoms with E-state index in [9.17, 15) is 4.79 Å². The molecule has 5 nitrogen and oxygen atoms in total. The van der Waals surface area contributed by atoms with E-state index < -0.39 is 0 Å². The van der Waals surface area contributed by atoms with Crippen LogP contribution in [0.15, 0.2) is 35.8 Å². The van der Waals surface area contributed by atoms with Crippen LogP contribution in [0.4, 0.5) is 0 Å². The summed E-state index contributed by atoms with van der Waals surface area (Å²) in [5, 5.41) is 3.01. The van der Waals surface area contributed by atoms with Crippen molar-refractivity contribution in [2.24, 2.45) is 0 Å². The summed E-state index contributed by atoms with van der Waals surface area (Å²) in [5.74, 6) is -0.275. The maximum Gasteiger partial charge on any atom is 0.338 e. The number of methoxy groups -OCH3 is 1. The molecule has 1 aliphatic rings. The van der Waals surface area contributed by atoms with Crippen LogP contribution in [0.3, 0.4) is 0 Å². The van der Waals surface area contributed by atoms with Gasteiger partial charge in [-0.15, -0.1) is 11.3 Å². The highest BCUT2D eigenvalue weighted by atomic mass is 32.1. The molecule has 1 atom stereocenters. The molecule has 1 unspecified atom stereocenters. The highest BCUT2D eigenvalue weighted by Gasteiger charge is 2.23. The van der Waals surface area contributed by atoms with Gasteiger partial charge in [-0.1, -0.05) is 18.2 Å². The van der Waals surface area contributed by atoms with Crippen LogP contribution in [0, 0.1) is 0 Å². The lowest BCUT2D eigenvalue weighted by molar-refractivity contribution is -0.0296. The van der Waals surface area contributed by atoms with Crippen molar-refractivity contribution in [2.75, 3.05) is 33.4 Å². The van der Waals surface area contributed by atoms with Crippen LogP contribution in [-0.4, -0.2) is 49.2 Å². The zero-order valence-electron chi connectivity index (χ0n) is 13.1. The number of aromatic nitrogens is 1. The summed E-state index contributed by atoms with van der Waals surface area (Å²) in [6.45, 7) is 3.35. The molecule has 1 saturated heterocycles. The Hall–Kier alpha value is -1.76. The lowest BCUT2D eigenvalue weighted by atomic mass is 10.0. The molecule has 1 aliphatic heterocycles. The van der Waals surface area contributed by atoms with Gasteiger partial charge in [0.1, 0.15) is 11.1 Å². The third-order valence-corrected chi connectivity index (χ3v) is 4.87. The number of hydrogen-bond acceptors (Lipinski definition) is 6. The Morgan fingerprint density at radius 1 is 1.48 bits per heavy atom. The average molecular weight is 332 g/mol. The average Bonchev–Trinajstić information content (AvgIpc) is 3.14. The minimum Gasteiger partial charge on any atom is -0.465 e. The first-order valence-corrected chi connectivity index (χ1v) is 8.55. The number of carbonyl (C=O) groups excluding carboxylic acids is 1. The van der Waals surface area contributed by atoms with Crippen molar-refractivity contribution in [2.45, 2.75) is 12.5 Å². The largest absolute Gasteiger partial charge is 0.465 e. The Bertz CT molecular complexity index is 645. The molecule has 2 heterocycles. The second-order valence-electron chi connectivity index (χ2n) is 5.43. The summed E-state index contributed by atoms with van der Waals surface area (Å²) >= 11 is 1.63. The number of carbonyl (C=O) groups is 1. The Balaban J connectivity index is 1.61. The molecule has 0 aliphatic carbocycles. The Labute approximate surface area is 139 Å². The lowest BCUT2D eigenvalue weighted by Gasteiger charge is -2.32. The molecule has 0 saturated carbocycles. The maximum absolute atomic E-state index is 11.8. The summed E-state index contributed by atoms with van der Waals surface area (Å²) < 4.78 is 10.7. The molecule has 2 aromatic rings. The highest BCUT2D eigenvalue weighted by Crippen LogP contribution is 2.24. The summed E-state index contributed by atoms with van der Waals surface area (Å²) in [6, 6.07) is 7.63. The number of morpholine rings is 1. The summed E-state index contributed by atoms with van der Waals surface area (Å²) in [5.41, 5.74) is 1.68. The third kappa shape index (κ3) is 3.96. The molecular weight excluding hydrogens is 312 g/mol. The van der Waals surface area contributed by atoms with E-state index in [1.165, 1.54) is 7.11 Å². The number of thiazole rings is 1. The second-order valence-corrected chi connectivity index (χ2v) is 6.36. The van der Waals surface area contributed by atoms with Gasteiger partial charge >= 0.3 is 5.97 Å². The predicted octanol–water partition coefficient (Wildman–Crippen LogP) is 2.55. The maximum atomic E-state index is 11.8. The molecule has 0 N–H and O–H groups in total. The third-order valence-electron chi connectivity index (χ3n) is 4.00. The van der Waals surface area contributed by atoms with Crippen LogP contribution in [0.25, 0.3) is 0 Å². The van der Waals surface area contributed by atoms with Gasteiger partial charge in [-0.25, -0.2) is 9.78 Å². The number of benzene rings is 1. The summed E-state index contributed by atoms with van der Waals surface area (Å²) in [4.78, 5) is 18.5. The van der Waals surface area contributed by atoms with Crippen LogP contribution in [0.2, 0.25) is 0 Å². The van der Waals surface area contributed by atoms with Crippen LogP contribution < -0.4 is 0 Å². The molecule has 1 aromatic carbocycles. The van der Waals surface area contributed by atoms with Crippen molar-refractivity contribution in [3.63, 3.8) is 0 Å². The van der Waals surface area contributed by atoms with Gasteiger partial charge in [-0.3, -0.25) is 4.90 Å². The Morgan fingerprint density at radius 3 is 3.13 bits per heavy atom. The fourth-order valence-corrected chi connectivity index (χ4v) is 3.45. The molecule has 1 aromatic heterocycles. The standard InChI is InChI=1S/C17H20N2O3S/c1-21-17(20)14-5-3-2-4-13(14)6-8-19-9-10-22-15(12-19)16-18-7-11-23-16/h2-5,7,11,15H,6,8-10,12H2,1H3. The fraction of sp³-hybridized carbons (Fsp3) is 0.412. The van der Waals surface area contributed by atoms with E-state index in [1.54, 1.807) is 11.3 Å². The molecular formula is C17H20N2O3S. The van der Waals surface area contributed by atoms with E-state index in [1.807, 2.05) is 35.8 Å². The molecule has 6 heteroatoms. The first-order chi connectivity index (χ1) is 11.3. The van der Waals surface area contributed by atoms with E-state index >= 15 is 0 Å². The molecule has 0 radical (unpaired) electrons. The normalized spacial score (nSPS) is 18.7. The minimum atomic E-state index is -0.275. The number of rotatable bonds is 5. The number of esters is 1. The van der Waals surface area contributed by atoms with Crippen LogP contribution in [-0.2, 0) is 15.9 Å². The molecule has 0 spiro atoms. The molecule has 122 valence electrons. The predicted molar refractivity (Wildman–Crippen MR) is 88.7 cm³/mol. The summed E-state index contributed by atoms with van der Waals surface area (Å²) in [6.07, 6.45) is 2.68. The van der Waals surface area contributed by atoms with Gasteiger partial charge in [0, 0.05) is 31.2 Å². The zero-order chi connectivity index (χ0) is 16.1. The van der Waals surface area contributed by atoms with E-state index in [-0.39, 0.29) is 12.1 Å². The molecule has 1 fully saturated rings. The lowest BCUT2D eigenvalue weighted by Crippen LogP contribution is -2.39. The zero-order valence-corrected chi connectivity index (χ0v) is 13.9. The van der Waals surface area contributed by atoms with Crippen LogP contribution >= 0.6 is 11.3 Å². The van der Waals surface area contributed by atoms with E-state index in [2.05, 4.69) is 9.88 Å². The smallest absolute Gasteiger partial charge is 0.338 e. The van der Waals surface area contributed by atoms with E-state index in [0.717, 1.165) is 36.6 Å². The van der Waals surface area contributed by atoms with E-state index in [0.29, 0.717) is 12.2 Å². The van der Waals surface area contributed by atoms with Gasteiger partial charge in [0.15, 0.2) is 0 Å². The monoisotopic (exact) mass is 332 g/mol. The molecule has 3 rings (SSSR count). The van der Waals surface area contributed by atoms with Crippen LogP contribution in [0.5, 0.6) is 0 Å². The van der Waals surface area contributed by atoms with Crippen molar-refractivity contribution in [3.05, 3.63) is 52.0 Å². The summed E-state index contributed by atoms with van der Waals surface area (Å²) in [7, 11) is 1.42. The van der Waals surface area contributed by atoms with E-state index in [4.69, 9.17) is 9.47 Å².